The minimum atomic E-state index is -1.19. The van der Waals surface area contributed by atoms with E-state index in [1.165, 1.54) is 128 Å². The second-order valence-corrected chi connectivity index (χ2v) is 26.3. The third-order valence-corrected chi connectivity index (χ3v) is 21.1. The fourth-order valence-corrected chi connectivity index (χ4v) is 16.8. The molecule has 5 unspecified atom stereocenters. The van der Waals surface area contributed by atoms with Gasteiger partial charge in [0.1, 0.15) is 6.10 Å². The van der Waals surface area contributed by atoms with E-state index >= 15 is 0 Å². The molecule has 4 saturated carbocycles. The summed E-state index contributed by atoms with van der Waals surface area (Å²) in [6.07, 6.45) is 26.1. The summed E-state index contributed by atoms with van der Waals surface area (Å²) >= 11 is 0. The van der Waals surface area contributed by atoms with Gasteiger partial charge in [0.2, 0.25) is 0 Å². The van der Waals surface area contributed by atoms with Gasteiger partial charge in [0.15, 0.2) is 0 Å². The van der Waals surface area contributed by atoms with Crippen LogP contribution in [-0.4, -0.2) is 75.9 Å². The van der Waals surface area contributed by atoms with Crippen molar-refractivity contribution in [2.24, 2.45) is 11.8 Å². The van der Waals surface area contributed by atoms with Gasteiger partial charge in [-0.2, -0.15) is 0 Å². The number of benzene rings is 2. The Morgan fingerprint density at radius 1 is 0.632 bits per heavy atom. The van der Waals surface area contributed by atoms with Crippen molar-refractivity contribution < 1.29 is 48.4 Å². The van der Waals surface area contributed by atoms with Crippen molar-refractivity contribution in [1.29, 1.82) is 0 Å². The van der Waals surface area contributed by atoms with E-state index in [1.54, 1.807) is 5.30 Å². The molecule has 0 radical (unpaired) electrons. The van der Waals surface area contributed by atoms with Gasteiger partial charge in [0.05, 0.1) is 54.7 Å². The van der Waals surface area contributed by atoms with Gasteiger partial charge in [0.25, 0.3) is 0 Å². The molecule has 0 aromatic heterocycles. The van der Waals surface area contributed by atoms with Crippen molar-refractivity contribution in [2.45, 2.75) is 180 Å². The van der Waals surface area contributed by atoms with Crippen molar-refractivity contribution in [2.75, 3.05) is 40.3 Å². The number of ether oxygens (including phenoxy) is 2. The van der Waals surface area contributed by atoms with E-state index in [0.717, 1.165) is 18.2 Å². The van der Waals surface area contributed by atoms with E-state index in [2.05, 4.69) is 120 Å². The van der Waals surface area contributed by atoms with Gasteiger partial charge in [-0.1, -0.05) is 108 Å². The minimum Gasteiger partial charge on any atom is -0.462 e. The molecule has 57 heavy (non-hydrogen) atoms. The topological polar surface area (TPSA) is 47.6 Å². The number of hydrogen-bond acceptors (Lipinski definition) is 4. The van der Waals surface area contributed by atoms with Crippen molar-refractivity contribution in [3.8, 4) is 0 Å². The molecule has 8 heteroatoms. The first kappa shape index (κ1) is 56.7. The second-order valence-electron chi connectivity index (χ2n) is 17.8. The molecule has 0 amide bonds. The first-order valence-corrected chi connectivity index (χ1v) is 27.6. The van der Waals surface area contributed by atoms with Crippen molar-refractivity contribution in [3.63, 3.8) is 0 Å². The van der Waals surface area contributed by atoms with Gasteiger partial charge in [-0.25, -0.2) is 0 Å². The summed E-state index contributed by atoms with van der Waals surface area (Å²) in [7, 11) is -0.0878. The predicted octanol–water partition coefficient (Wildman–Crippen LogP) is 12.8. The zero-order valence-corrected chi connectivity index (χ0v) is 41.1. The predicted molar refractivity (Wildman–Crippen MR) is 249 cm³/mol. The molecule has 1 saturated heterocycles. The number of hydrogen-bond donors (Lipinski definition) is 1. The van der Waals surface area contributed by atoms with Gasteiger partial charge < -0.3 is 14.8 Å². The van der Waals surface area contributed by atoms with Crippen LogP contribution < -0.4 is 15.9 Å². The van der Waals surface area contributed by atoms with Gasteiger partial charge in [-0.3, -0.25) is 4.79 Å². The summed E-state index contributed by atoms with van der Waals surface area (Å²) in [6, 6.07) is 22.7. The van der Waals surface area contributed by atoms with Gasteiger partial charge in [-0.05, 0) is 103 Å². The van der Waals surface area contributed by atoms with E-state index in [-0.39, 0.29) is 53.6 Å². The van der Waals surface area contributed by atoms with Crippen molar-refractivity contribution >= 4 is 31.1 Å². The maximum Gasteiger partial charge on any atom is 0.302 e. The molecule has 1 N–H and O–H groups in total. The van der Waals surface area contributed by atoms with Crippen LogP contribution >= 0.6 is 14.5 Å². The largest absolute Gasteiger partial charge is 0.462 e. The average molecular weight is 912 g/mol. The molecular weight excluding hydrogens is 824 g/mol. The number of carbonyl (C=O) groups excluding carboxylic acids is 1. The summed E-state index contributed by atoms with van der Waals surface area (Å²) in [5.74, 6) is 1.22. The molecule has 4 nitrogen and oxygen atoms in total. The van der Waals surface area contributed by atoms with Gasteiger partial charge in [0, 0.05) is 80.1 Å². The van der Waals surface area contributed by atoms with E-state index in [4.69, 9.17) is 9.47 Å². The molecule has 2 aromatic rings. The van der Waals surface area contributed by atoms with Crippen LogP contribution in [0.5, 0.6) is 0 Å². The van der Waals surface area contributed by atoms with E-state index < -0.39 is 14.5 Å². The summed E-state index contributed by atoms with van der Waals surface area (Å²) < 4.78 is 10.6. The number of nitrogens with one attached hydrogen (secondary N) is 1. The minimum absolute atomic E-state index is 0. The van der Waals surface area contributed by atoms with Crippen LogP contribution in [0.15, 0.2) is 60.7 Å². The van der Waals surface area contributed by atoms with Crippen LogP contribution in [0, 0.1) is 11.8 Å². The zero-order valence-electron chi connectivity index (χ0n) is 37.1. The zero-order chi connectivity index (χ0) is 39.4. The Labute approximate surface area is 375 Å². The second kappa shape index (κ2) is 30.7. The first-order chi connectivity index (χ1) is 25.9. The van der Waals surface area contributed by atoms with Crippen molar-refractivity contribution in [3.05, 3.63) is 60.7 Å². The summed E-state index contributed by atoms with van der Waals surface area (Å²) in [4.78, 5) is 11.2. The van der Waals surface area contributed by atoms with Crippen LogP contribution in [-0.2, 0) is 48.4 Å². The molecule has 7 rings (SSSR count). The maximum absolute atomic E-state index is 11.2. The molecule has 7 atom stereocenters. The monoisotopic (exact) mass is 911 g/mol. The fourth-order valence-electron chi connectivity index (χ4n) is 9.75. The van der Waals surface area contributed by atoms with Crippen LogP contribution in [0.3, 0.4) is 0 Å². The Hall–Kier alpha value is -0.271. The smallest absolute Gasteiger partial charge is 0.302 e. The van der Waals surface area contributed by atoms with E-state index in [9.17, 15) is 4.79 Å². The summed E-state index contributed by atoms with van der Waals surface area (Å²) in [6.45, 7) is 19.0. The molecule has 0 spiro atoms. The molecule has 1 heterocycles. The molecule has 2 aromatic carbocycles. The van der Waals surface area contributed by atoms with E-state index in [1.807, 2.05) is 0 Å². The Balaban J connectivity index is 0.000000764. The third kappa shape index (κ3) is 19.5. The van der Waals surface area contributed by atoms with Crippen LogP contribution in [0.1, 0.15) is 151 Å². The molecule has 0 bridgehead atoms. The molecule has 330 valence electrons. The normalized spacial score (nSPS) is 24.7. The molecule has 5 fully saturated rings. The number of carbonyl (C=O) groups is 1. The Morgan fingerprint density at radius 2 is 1.02 bits per heavy atom. The van der Waals surface area contributed by atoms with Crippen LogP contribution in [0.25, 0.3) is 0 Å². The summed E-state index contributed by atoms with van der Waals surface area (Å²) in [5.41, 5.74) is 1.58. The fraction of sp³-hybridized carbons (Fsp3) is 0.735. The Bertz CT molecular complexity index is 1240. The Kier molecular flexibility index (Phi) is 30.6. The maximum atomic E-state index is 11.2. The average Bonchev–Trinajstić information content (AvgIpc) is 4.03. The summed E-state index contributed by atoms with van der Waals surface area (Å²) in [5, 5.41) is 6.57. The Morgan fingerprint density at radius 3 is 1.33 bits per heavy atom. The number of esters is 1. The SMILES string of the molecule is C.C1CCCC1.C1CCCC1.CC(=O)O[C@H](C)C1CCCC1[P+](C)(C)c1ccccc1.CC1CCCO1.CN[C@H](C)C1CCCC1[P+](C)(C)c1ccccc1.[Fe].[Fe]. The number of rotatable bonds is 8. The van der Waals surface area contributed by atoms with Gasteiger partial charge in [-0.15, -0.1) is 0 Å². The van der Waals surface area contributed by atoms with Crippen molar-refractivity contribution in [1.82, 2.24) is 5.32 Å². The molecule has 4 aliphatic carbocycles. The third-order valence-electron chi connectivity index (χ3n) is 13.3. The molecule has 1 aliphatic heterocycles. The molecule has 5 aliphatic rings. The van der Waals surface area contributed by atoms with E-state index in [0.29, 0.717) is 23.7 Å². The van der Waals surface area contributed by atoms with Crippen LogP contribution in [0.2, 0.25) is 0 Å². The molecular formula is C49H87Fe2NO3P2+2. The first-order valence-electron chi connectivity index (χ1n) is 22.1. The van der Waals surface area contributed by atoms with Gasteiger partial charge >= 0.3 is 5.97 Å². The van der Waals surface area contributed by atoms with Crippen LogP contribution in [0.4, 0.5) is 0 Å². The standard InChI is InChI=1S/C17H26O2P.C16H27NP.C5H10O.2C5H10.CH4.2Fe/c1-13(19-14(2)18)16-11-8-12-17(16)20(3,4)15-9-6-5-7-10-15;1-13(17-2)15-11-8-12-16(15)18(3,4)14-9-6-5-7-10-14;1-5-3-2-4-6-5;2*1-2-4-5-3-1;;;/h5-7,9-10,13,16-17H,8,11-12H2,1-4H3;5-7,9-10,13,15-17H,8,11-12H2,1-4H3;5H,2-4H2,1H3;2*1-5H2;1H4;;/q2*+1;;;;;;/t13-,16?,17?;13-,15?,16?;;;;;;/m11....../s1. The quantitative estimate of drug-likeness (QED) is 0.163.